The molecule has 0 amide bonds. The van der Waals surface area contributed by atoms with Crippen molar-refractivity contribution >= 4 is 50.0 Å². The van der Waals surface area contributed by atoms with Gasteiger partial charge in [-0.25, -0.2) is 0 Å². The van der Waals surface area contributed by atoms with E-state index in [9.17, 15) is 0 Å². The van der Waals surface area contributed by atoms with Crippen LogP contribution in [0.3, 0.4) is 0 Å². The lowest BCUT2D eigenvalue weighted by Crippen LogP contribution is -1.72. The number of rotatable bonds is 1. The fourth-order valence-corrected chi connectivity index (χ4v) is 3.66. The van der Waals surface area contributed by atoms with E-state index in [2.05, 4.69) is 34.6 Å². The highest BCUT2D eigenvalue weighted by Gasteiger charge is 2.10. The van der Waals surface area contributed by atoms with Crippen LogP contribution in [0.1, 0.15) is 10.4 Å². The summed E-state index contributed by atoms with van der Waals surface area (Å²) in [5.74, 6) is 0. The minimum Gasteiger partial charge on any atom is -0.192 e. The first-order chi connectivity index (χ1) is 6.77. The van der Waals surface area contributed by atoms with E-state index in [1.54, 1.807) is 11.3 Å². The zero-order valence-corrected chi connectivity index (χ0v) is 10.4. The minimum atomic E-state index is 0.731. The molecule has 0 bridgehead atoms. The van der Waals surface area contributed by atoms with Gasteiger partial charge in [-0.2, -0.15) is 5.26 Å². The van der Waals surface area contributed by atoms with Gasteiger partial charge in [0.15, 0.2) is 0 Å². The molecule has 0 fully saturated rings. The summed E-state index contributed by atoms with van der Waals surface area (Å²) in [6.45, 7) is 0. The Kier molecular flexibility index (Phi) is 2.82. The van der Waals surface area contributed by atoms with Crippen LogP contribution in [0.15, 0.2) is 23.1 Å². The Morgan fingerprint density at radius 1 is 1.50 bits per heavy atom. The summed E-state index contributed by atoms with van der Waals surface area (Å²) in [4.78, 5) is 2.16. The number of benzene rings is 1. The lowest BCUT2D eigenvalue weighted by molar-refractivity contribution is 1.44. The number of thiol groups is 1. The molecule has 1 aromatic heterocycles. The lowest BCUT2D eigenvalue weighted by atomic mass is 10.2. The average Bonchev–Trinajstić information content (AvgIpc) is 2.55. The molecular weight excluding hydrogens is 278 g/mol. The van der Waals surface area contributed by atoms with Crippen molar-refractivity contribution in [3.8, 4) is 6.07 Å². The lowest BCUT2D eigenvalue weighted by Gasteiger charge is -1.92. The topological polar surface area (TPSA) is 23.8 Å². The molecule has 0 saturated heterocycles. The van der Waals surface area contributed by atoms with Crippen LogP contribution in [0.25, 0.3) is 10.1 Å². The maximum absolute atomic E-state index is 8.93. The maximum Gasteiger partial charge on any atom is 0.101 e. The van der Waals surface area contributed by atoms with E-state index in [1.165, 1.54) is 4.88 Å². The van der Waals surface area contributed by atoms with Crippen LogP contribution in [0.4, 0.5) is 0 Å². The van der Waals surface area contributed by atoms with Gasteiger partial charge in [-0.05, 0) is 6.07 Å². The van der Waals surface area contributed by atoms with Crippen LogP contribution in [-0.2, 0) is 5.33 Å². The van der Waals surface area contributed by atoms with Crippen molar-refractivity contribution in [3.63, 3.8) is 0 Å². The molecule has 4 heteroatoms. The van der Waals surface area contributed by atoms with Gasteiger partial charge < -0.3 is 0 Å². The molecule has 1 aromatic carbocycles. The van der Waals surface area contributed by atoms with Crippen molar-refractivity contribution in [1.82, 2.24) is 0 Å². The molecule has 1 nitrogen and oxygen atoms in total. The number of fused-ring (bicyclic) bond motifs is 1. The van der Waals surface area contributed by atoms with Gasteiger partial charge in [0.25, 0.3) is 0 Å². The number of alkyl halides is 1. The molecule has 2 rings (SSSR count). The number of hydrogen-bond acceptors (Lipinski definition) is 3. The van der Waals surface area contributed by atoms with Crippen LogP contribution in [-0.4, -0.2) is 0 Å². The van der Waals surface area contributed by atoms with Gasteiger partial charge in [0.05, 0.1) is 10.3 Å². The van der Waals surface area contributed by atoms with Crippen LogP contribution in [0.5, 0.6) is 0 Å². The van der Waals surface area contributed by atoms with Crippen LogP contribution in [0.2, 0.25) is 0 Å². The molecule has 0 unspecified atom stereocenters. The second kappa shape index (κ2) is 3.93. The summed E-state index contributed by atoms with van der Waals surface area (Å²) in [7, 11) is 0. The third-order valence-electron chi connectivity index (χ3n) is 2.00. The van der Waals surface area contributed by atoms with Crippen molar-refractivity contribution in [2.75, 3.05) is 0 Å². The van der Waals surface area contributed by atoms with E-state index in [0.29, 0.717) is 0 Å². The Morgan fingerprint density at radius 2 is 2.29 bits per heavy atom. The normalized spacial score (nSPS) is 10.4. The highest BCUT2D eigenvalue weighted by Crippen LogP contribution is 2.36. The third-order valence-corrected chi connectivity index (χ3v) is 4.83. The number of thiophene rings is 1. The summed E-state index contributed by atoms with van der Waals surface area (Å²) in [6, 6.07) is 7.93. The number of hydrogen-bond donors (Lipinski definition) is 1. The molecule has 0 radical (unpaired) electrons. The van der Waals surface area contributed by atoms with Crippen LogP contribution >= 0.6 is 39.9 Å². The molecule has 0 saturated carbocycles. The van der Waals surface area contributed by atoms with Gasteiger partial charge in [0, 0.05) is 20.5 Å². The molecule has 70 valence electrons. The Labute approximate surface area is 99.9 Å². The largest absolute Gasteiger partial charge is 0.192 e. The van der Waals surface area contributed by atoms with Crippen molar-refractivity contribution in [3.05, 3.63) is 28.6 Å². The Balaban J connectivity index is 2.85. The number of halogens is 1. The second-order valence-corrected chi connectivity index (χ2v) is 4.91. The maximum atomic E-state index is 8.93. The minimum absolute atomic E-state index is 0.731. The molecule has 14 heavy (non-hydrogen) atoms. The van der Waals surface area contributed by atoms with E-state index >= 15 is 0 Å². The molecule has 2 aromatic rings. The summed E-state index contributed by atoms with van der Waals surface area (Å²) >= 11 is 9.49. The zero-order valence-electron chi connectivity index (χ0n) is 7.12. The van der Waals surface area contributed by atoms with Gasteiger partial charge in [0.1, 0.15) is 6.07 Å². The van der Waals surface area contributed by atoms with Gasteiger partial charge in [-0.15, -0.1) is 24.0 Å². The highest BCUT2D eigenvalue weighted by atomic mass is 79.9. The molecular formula is C10H6BrNS2. The second-order valence-electron chi connectivity index (χ2n) is 2.80. The molecule has 0 aliphatic rings. The standard InChI is InChI=1S/C10H6BrNS2/c11-4-8-9(13)7-3-1-2-6(5-12)10(7)14-8/h1-3,13H,4H2. The van der Waals surface area contributed by atoms with Gasteiger partial charge in [0.2, 0.25) is 0 Å². The first kappa shape index (κ1) is 10.0. The van der Waals surface area contributed by atoms with Crippen molar-refractivity contribution in [2.24, 2.45) is 0 Å². The summed E-state index contributed by atoms with van der Waals surface area (Å²) in [6.07, 6.45) is 0. The molecule has 0 atom stereocenters. The number of nitrogens with zero attached hydrogens (tertiary/aromatic N) is 1. The van der Waals surface area contributed by atoms with E-state index in [0.717, 1.165) is 25.9 Å². The number of nitriles is 1. The fraction of sp³-hybridized carbons (Fsp3) is 0.100. The van der Waals surface area contributed by atoms with E-state index in [4.69, 9.17) is 5.26 Å². The molecule has 0 spiro atoms. The first-order valence-electron chi connectivity index (χ1n) is 3.97. The molecule has 0 aliphatic heterocycles. The van der Waals surface area contributed by atoms with E-state index in [-0.39, 0.29) is 0 Å². The first-order valence-corrected chi connectivity index (χ1v) is 6.36. The summed E-state index contributed by atoms with van der Waals surface area (Å²) in [5, 5.41) is 10.8. The molecule has 1 heterocycles. The predicted octanol–water partition coefficient (Wildman–Crippen LogP) is 3.96. The van der Waals surface area contributed by atoms with Gasteiger partial charge >= 0.3 is 0 Å². The molecule has 0 N–H and O–H groups in total. The van der Waals surface area contributed by atoms with Gasteiger partial charge in [-0.1, -0.05) is 28.1 Å². The van der Waals surface area contributed by atoms with E-state index in [1.807, 2.05) is 18.2 Å². The van der Waals surface area contributed by atoms with Crippen LogP contribution < -0.4 is 0 Å². The SMILES string of the molecule is N#Cc1cccc2c(S)c(CBr)sc12. The predicted molar refractivity (Wildman–Crippen MR) is 66.4 cm³/mol. The van der Waals surface area contributed by atoms with Crippen LogP contribution in [0, 0.1) is 11.3 Å². The van der Waals surface area contributed by atoms with Crippen molar-refractivity contribution < 1.29 is 0 Å². The molecule has 0 aliphatic carbocycles. The fourth-order valence-electron chi connectivity index (χ4n) is 1.33. The summed E-state index contributed by atoms with van der Waals surface area (Å²) < 4.78 is 1.04. The monoisotopic (exact) mass is 283 g/mol. The Morgan fingerprint density at radius 3 is 2.93 bits per heavy atom. The Bertz CT molecular complexity index is 525. The van der Waals surface area contributed by atoms with E-state index < -0.39 is 0 Å². The van der Waals surface area contributed by atoms with Crippen molar-refractivity contribution in [2.45, 2.75) is 10.2 Å². The highest BCUT2D eigenvalue weighted by molar-refractivity contribution is 9.08. The van der Waals surface area contributed by atoms with Gasteiger partial charge in [-0.3, -0.25) is 0 Å². The zero-order chi connectivity index (χ0) is 10.1. The summed E-state index contributed by atoms with van der Waals surface area (Å²) in [5.41, 5.74) is 0.731. The third kappa shape index (κ3) is 1.46. The smallest absolute Gasteiger partial charge is 0.101 e. The Hall–Kier alpha value is -0.500. The quantitative estimate of drug-likeness (QED) is 0.622. The van der Waals surface area contributed by atoms with Crippen molar-refractivity contribution in [1.29, 1.82) is 5.26 Å². The average molecular weight is 284 g/mol.